The van der Waals surface area contributed by atoms with Crippen molar-refractivity contribution in [2.24, 2.45) is 0 Å². The van der Waals surface area contributed by atoms with Crippen molar-refractivity contribution in [3.63, 3.8) is 0 Å². The van der Waals surface area contributed by atoms with E-state index >= 15 is 0 Å². The number of phenols is 1. The molecule has 0 bridgehead atoms. The highest BCUT2D eigenvalue weighted by molar-refractivity contribution is 8.00. The maximum absolute atomic E-state index is 12.1. The number of aromatic hydroxyl groups is 1. The fourth-order valence-corrected chi connectivity index (χ4v) is 4.16. The molecule has 0 amide bonds. The summed E-state index contributed by atoms with van der Waals surface area (Å²) < 4.78 is 26.8. The lowest BCUT2D eigenvalue weighted by molar-refractivity contribution is 0.362. The Bertz CT molecular complexity index is 518. The van der Waals surface area contributed by atoms with Crippen molar-refractivity contribution in [3.05, 3.63) is 24.3 Å². The normalized spacial score (nSPS) is 18.3. The summed E-state index contributed by atoms with van der Waals surface area (Å²) in [4.78, 5) is 0.109. The van der Waals surface area contributed by atoms with Crippen molar-refractivity contribution in [3.8, 4) is 5.75 Å². The van der Waals surface area contributed by atoms with E-state index in [-0.39, 0.29) is 15.4 Å². The summed E-state index contributed by atoms with van der Waals surface area (Å²) in [5.41, 5.74) is 0. The zero-order chi connectivity index (χ0) is 13.2. The van der Waals surface area contributed by atoms with Gasteiger partial charge in [-0.1, -0.05) is 12.5 Å². The number of nitrogens with one attached hydrogen (secondary N) is 1. The quantitative estimate of drug-likeness (QED) is 0.869. The van der Waals surface area contributed by atoms with Gasteiger partial charge in [0, 0.05) is 11.3 Å². The molecule has 0 radical (unpaired) electrons. The molecule has 0 atom stereocenters. The Labute approximate surface area is 112 Å². The fraction of sp³-hybridized carbons (Fsp3) is 0.500. The molecular weight excluding hydrogens is 270 g/mol. The molecule has 1 aromatic carbocycles. The first kappa shape index (κ1) is 13.7. The van der Waals surface area contributed by atoms with Crippen LogP contribution in [0.1, 0.15) is 19.3 Å². The molecule has 2 rings (SSSR count). The van der Waals surface area contributed by atoms with Gasteiger partial charge in [0.05, 0.1) is 4.90 Å². The zero-order valence-corrected chi connectivity index (χ0v) is 11.9. The Morgan fingerprint density at radius 1 is 1.44 bits per heavy atom. The van der Waals surface area contributed by atoms with Crippen molar-refractivity contribution in [2.45, 2.75) is 28.9 Å². The topological polar surface area (TPSA) is 66.4 Å². The third kappa shape index (κ3) is 2.81. The van der Waals surface area contributed by atoms with Crippen LogP contribution < -0.4 is 4.72 Å². The van der Waals surface area contributed by atoms with Gasteiger partial charge in [0.1, 0.15) is 5.75 Å². The number of phenolic OH excluding ortho intramolecular Hbond substituents is 1. The molecular formula is C12H17NO3S2. The number of rotatable bonds is 5. The van der Waals surface area contributed by atoms with Gasteiger partial charge in [-0.3, -0.25) is 0 Å². The maximum atomic E-state index is 12.1. The van der Waals surface area contributed by atoms with Gasteiger partial charge in [0.15, 0.2) is 0 Å². The van der Waals surface area contributed by atoms with Crippen LogP contribution in [-0.4, -0.2) is 31.1 Å². The molecule has 6 heteroatoms. The summed E-state index contributed by atoms with van der Waals surface area (Å²) in [6.45, 7) is 0.451. The SMILES string of the molecule is CSC1(CNS(=O)(=O)c2cccc(O)c2)CCC1. The number of thioether (sulfide) groups is 1. The monoisotopic (exact) mass is 287 g/mol. The lowest BCUT2D eigenvalue weighted by Crippen LogP contribution is -2.45. The smallest absolute Gasteiger partial charge is 0.240 e. The lowest BCUT2D eigenvalue weighted by atomic mass is 9.84. The molecule has 0 aromatic heterocycles. The highest BCUT2D eigenvalue weighted by Crippen LogP contribution is 2.42. The molecule has 0 unspecified atom stereocenters. The van der Waals surface area contributed by atoms with Crippen LogP contribution in [-0.2, 0) is 10.0 Å². The Balaban J connectivity index is 2.08. The van der Waals surface area contributed by atoms with Crippen LogP contribution in [0.15, 0.2) is 29.2 Å². The highest BCUT2D eigenvalue weighted by Gasteiger charge is 2.37. The molecule has 1 aromatic rings. The second-order valence-electron chi connectivity index (χ2n) is 4.56. The molecule has 1 saturated carbocycles. The third-order valence-corrected chi connectivity index (χ3v) is 6.23. The van der Waals surface area contributed by atoms with Crippen LogP contribution in [0.25, 0.3) is 0 Å². The number of hydrogen-bond donors (Lipinski definition) is 2. The molecule has 4 nitrogen and oxygen atoms in total. The van der Waals surface area contributed by atoms with Crippen LogP contribution in [0.5, 0.6) is 5.75 Å². The molecule has 0 spiro atoms. The van der Waals surface area contributed by atoms with E-state index in [0.717, 1.165) is 19.3 Å². The van der Waals surface area contributed by atoms with Crippen molar-refractivity contribution in [1.82, 2.24) is 4.72 Å². The molecule has 1 fully saturated rings. The summed E-state index contributed by atoms with van der Waals surface area (Å²) in [7, 11) is -3.53. The summed E-state index contributed by atoms with van der Waals surface area (Å²) in [5, 5.41) is 9.31. The summed E-state index contributed by atoms with van der Waals surface area (Å²) in [6.07, 6.45) is 5.28. The van der Waals surface area contributed by atoms with E-state index in [2.05, 4.69) is 4.72 Å². The fourth-order valence-electron chi connectivity index (χ4n) is 1.98. The Hall–Kier alpha value is -0.720. The predicted octanol–water partition coefficient (Wildman–Crippen LogP) is 1.96. The van der Waals surface area contributed by atoms with Crippen LogP contribution in [0, 0.1) is 0 Å². The Kier molecular flexibility index (Phi) is 3.89. The van der Waals surface area contributed by atoms with E-state index < -0.39 is 10.0 Å². The Morgan fingerprint density at radius 3 is 2.67 bits per heavy atom. The number of benzene rings is 1. The molecule has 100 valence electrons. The van der Waals surface area contributed by atoms with Gasteiger partial charge < -0.3 is 5.11 Å². The summed E-state index contributed by atoms with van der Waals surface area (Å²) in [5.74, 6) is -0.0406. The first-order chi connectivity index (χ1) is 8.47. The van der Waals surface area contributed by atoms with Gasteiger partial charge in [-0.15, -0.1) is 0 Å². The average Bonchev–Trinajstić information content (AvgIpc) is 2.28. The van der Waals surface area contributed by atoms with Crippen LogP contribution in [0.4, 0.5) is 0 Å². The number of sulfonamides is 1. The first-order valence-corrected chi connectivity index (χ1v) is 8.52. The zero-order valence-electron chi connectivity index (χ0n) is 10.2. The van der Waals surface area contributed by atoms with Gasteiger partial charge in [0.25, 0.3) is 0 Å². The van der Waals surface area contributed by atoms with E-state index in [0.29, 0.717) is 6.54 Å². The van der Waals surface area contributed by atoms with E-state index in [1.807, 2.05) is 6.26 Å². The minimum absolute atomic E-state index is 0.0406. The van der Waals surface area contributed by atoms with Crippen LogP contribution in [0.3, 0.4) is 0 Å². The minimum atomic E-state index is -3.53. The van der Waals surface area contributed by atoms with E-state index in [1.54, 1.807) is 11.8 Å². The van der Waals surface area contributed by atoms with E-state index in [4.69, 9.17) is 0 Å². The second-order valence-corrected chi connectivity index (χ2v) is 7.60. The molecule has 18 heavy (non-hydrogen) atoms. The molecule has 2 N–H and O–H groups in total. The van der Waals surface area contributed by atoms with Gasteiger partial charge in [0.2, 0.25) is 10.0 Å². The van der Waals surface area contributed by atoms with Crippen LogP contribution >= 0.6 is 11.8 Å². The van der Waals surface area contributed by atoms with Gasteiger partial charge >= 0.3 is 0 Å². The predicted molar refractivity (Wildman–Crippen MR) is 73.4 cm³/mol. The molecule has 1 aliphatic rings. The maximum Gasteiger partial charge on any atom is 0.240 e. The van der Waals surface area contributed by atoms with Crippen molar-refractivity contribution < 1.29 is 13.5 Å². The highest BCUT2D eigenvalue weighted by atomic mass is 32.2. The van der Waals surface area contributed by atoms with E-state index in [9.17, 15) is 13.5 Å². The molecule has 1 aliphatic carbocycles. The Morgan fingerprint density at radius 2 is 2.17 bits per heavy atom. The third-order valence-electron chi connectivity index (χ3n) is 3.41. The van der Waals surface area contributed by atoms with Crippen LogP contribution in [0.2, 0.25) is 0 Å². The summed E-state index contributed by atoms with van der Waals surface area (Å²) >= 11 is 1.72. The molecule has 0 heterocycles. The molecule has 0 saturated heterocycles. The second kappa shape index (κ2) is 5.11. The first-order valence-electron chi connectivity index (χ1n) is 5.81. The van der Waals surface area contributed by atoms with Crippen molar-refractivity contribution in [1.29, 1.82) is 0 Å². The van der Waals surface area contributed by atoms with Gasteiger partial charge in [-0.2, -0.15) is 11.8 Å². The standard InChI is InChI=1S/C12H17NO3S2/c1-17-12(6-3-7-12)9-13-18(15,16)11-5-2-4-10(14)8-11/h2,4-5,8,13-14H,3,6-7,9H2,1H3. The van der Waals surface area contributed by atoms with Crippen molar-refractivity contribution in [2.75, 3.05) is 12.8 Å². The van der Waals surface area contributed by atoms with Crippen molar-refractivity contribution >= 4 is 21.8 Å². The van der Waals surface area contributed by atoms with E-state index in [1.165, 1.54) is 24.3 Å². The van der Waals surface area contributed by atoms with Gasteiger partial charge in [-0.05, 0) is 37.3 Å². The molecule has 0 aliphatic heterocycles. The minimum Gasteiger partial charge on any atom is -0.508 e. The number of hydrogen-bond acceptors (Lipinski definition) is 4. The largest absolute Gasteiger partial charge is 0.508 e. The summed E-state index contributed by atoms with van der Waals surface area (Å²) in [6, 6.07) is 5.72. The van der Waals surface area contributed by atoms with Gasteiger partial charge in [-0.25, -0.2) is 13.1 Å². The average molecular weight is 287 g/mol. The lowest BCUT2D eigenvalue weighted by Gasteiger charge is -2.40.